The van der Waals surface area contributed by atoms with Crippen LogP contribution in [0.2, 0.25) is 5.02 Å². The summed E-state index contributed by atoms with van der Waals surface area (Å²) in [5, 5.41) is 9.31. The highest BCUT2D eigenvalue weighted by Gasteiger charge is 2.15. The summed E-state index contributed by atoms with van der Waals surface area (Å²) < 4.78 is 6.91. The number of aromatic nitrogens is 3. The molecule has 0 N–H and O–H groups in total. The van der Waals surface area contributed by atoms with Gasteiger partial charge in [-0.25, -0.2) is 4.79 Å². The highest BCUT2D eigenvalue weighted by molar-refractivity contribution is 6.30. The molecule has 4 rings (SSSR count). The summed E-state index contributed by atoms with van der Waals surface area (Å²) in [5.41, 5.74) is 1.87. The molecule has 0 saturated heterocycles. The molecule has 4 aromatic rings. The third-order valence-corrected chi connectivity index (χ3v) is 3.54. The SMILES string of the molecule is O=c1oc2c(-c3ccc(Cl)cc3)nnn2c2ccccc12. The van der Waals surface area contributed by atoms with Crippen LogP contribution in [0.5, 0.6) is 0 Å². The number of halogens is 1. The molecule has 0 spiro atoms. The highest BCUT2D eigenvalue weighted by atomic mass is 35.5. The molecule has 2 aromatic heterocycles. The Morgan fingerprint density at radius 2 is 1.81 bits per heavy atom. The van der Waals surface area contributed by atoms with Gasteiger partial charge in [0.25, 0.3) is 5.71 Å². The van der Waals surface area contributed by atoms with Crippen LogP contribution in [0, 0.1) is 0 Å². The summed E-state index contributed by atoms with van der Waals surface area (Å²) in [5.74, 6) is 0. The van der Waals surface area contributed by atoms with Crippen LogP contribution in [0.3, 0.4) is 0 Å². The quantitative estimate of drug-likeness (QED) is 0.541. The minimum atomic E-state index is -0.407. The second-order valence-electron chi connectivity index (χ2n) is 4.57. The van der Waals surface area contributed by atoms with Crippen molar-refractivity contribution in [1.29, 1.82) is 0 Å². The Morgan fingerprint density at radius 3 is 2.62 bits per heavy atom. The number of nitrogens with zero attached hydrogens (tertiary/aromatic N) is 3. The number of rotatable bonds is 1. The van der Waals surface area contributed by atoms with Crippen LogP contribution >= 0.6 is 11.6 Å². The molecule has 5 nitrogen and oxygen atoms in total. The van der Waals surface area contributed by atoms with Crippen molar-refractivity contribution in [2.45, 2.75) is 0 Å². The van der Waals surface area contributed by atoms with Crippen molar-refractivity contribution in [2.75, 3.05) is 0 Å². The molecule has 0 bridgehead atoms. The fraction of sp³-hybridized carbons (Fsp3) is 0. The first-order valence-electron chi connectivity index (χ1n) is 6.27. The van der Waals surface area contributed by atoms with Crippen LogP contribution in [0.15, 0.2) is 57.7 Å². The molecule has 0 aliphatic rings. The van der Waals surface area contributed by atoms with Crippen molar-refractivity contribution >= 4 is 28.2 Å². The molecule has 0 atom stereocenters. The minimum Gasteiger partial charge on any atom is -0.401 e. The normalized spacial score (nSPS) is 11.3. The predicted molar refractivity (Wildman–Crippen MR) is 79.5 cm³/mol. The van der Waals surface area contributed by atoms with Crippen molar-refractivity contribution in [2.24, 2.45) is 0 Å². The second kappa shape index (κ2) is 4.43. The monoisotopic (exact) mass is 297 g/mol. The number of benzene rings is 2. The Bertz CT molecular complexity index is 1020. The first kappa shape index (κ1) is 12.1. The maximum Gasteiger partial charge on any atom is 0.347 e. The Balaban J connectivity index is 2.09. The zero-order valence-corrected chi connectivity index (χ0v) is 11.4. The predicted octanol–water partition coefficient (Wildman–Crippen LogP) is 3.16. The highest BCUT2D eigenvalue weighted by Crippen LogP contribution is 2.24. The van der Waals surface area contributed by atoms with Gasteiger partial charge in [-0.3, -0.25) is 0 Å². The molecular formula is C15H8ClN3O2. The molecule has 21 heavy (non-hydrogen) atoms. The number of hydrogen-bond acceptors (Lipinski definition) is 4. The van der Waals surface area contributed by atoms with E-state index in [1.54, 1.807) is 30.3 Å². The fourth-order valence-corrected chi connectivity index (χ4v) is 2.41. The maximum absolute atomic E-state index is 12.1. The van der Waals surface area contributed by atoms with Gasteiger partial charge in [0.05, 0.1) is 10.9 Å². The number of hydrogen-bond donors (Lipinski definition) is 0. The van der Waals surface area contributed by atoms with E-state index in [-0.39, 0.29) is 0 Å². The molecule has 0 saturated carbocycles. The zero-order chi connectivity index (χ0) is 14.4. The van der Waals surface area contributed by atoms with E-state index in [1.165, 1.54) is 4.52 Å². The maximum atomic E-state index is 12.1. The zero-order valence-electron chi connectivity index (χ0n) is 10.7. The molecule has 0 unspecified atom stereocenters. The lowest BCUT2D eigenvalue weighted by molar-refractivity contribution is 0.543. The lowest BCUT2D eigenvalue weighted by Crippen LogP contribution is -2.04. The molecule has 2 aromatic carbocycles. The van der Waals surface area contributed by atoms with E-state index < -0.39 is 5.63 Å². The molecule has 0 aliphatic heterocycles. The van der Waals surface area contributed by atoms with Gasteiger partial charge in [-0.05, 0) is 24.3 Å². The van der Waals surface area contributed by atoms with Crippen LogP contribution in [-0.2, 0) is 0 Å². The number of para-hydroxylation sites is 1. The average molecular weight is 298 g/mol. The van der Waals surface area contributed by atoms with Crippen LogP contribution < -0.4 is 5.63 Å². The summed E-state index contributed by atoms with van der Waals surface area (Å²) in [6.07, 6.45) is 0. The summed E-state index contributed by atoms with van der Waals surface area (Å²) in [4.78, 5) is 12.1. The van der Waals surface area contributed by atoms with Crippen molar-refractivity contribution in [3.05, 3.63) is 64.0 Å². The standard InChI is InChI=1S/C15H8ClN3O2/c16-10-7-5-9(6-8-10)13-14-19(18-17-13)12-4-2-1-3-11(12)15(20)21-14/h1-8H. The van der Waals surface area contributed by atoms with Crippen LogP contribution in [0.25, 0.3) is 27.9 Å². The second-order valence-corrected chi connectivity index (χ2v) is 5.01. The summed E-state index contributed by atoms with van der Waals surface area (Å²) in [6, 6.07) is 14.2. The molecule has 0 amide bonds. The molecule has 0 fully saturated rings. The van der Waals surface area contributed by atoms with E-state index in [2.05, 4.69) is 10.3 Å². The van der Waals surface area contributed by atoms with Crippen molar-refractivity contribution in [3.63, 3.8) is 0 Å². The largest absolute Gasteiger partial charge is 0.401 e. The Labute approximate surface area is 123 Å². The van der Waals surface area contributed by atoms with Gasteiger partial charge >= 0.3 is 5.63 Å². The summed E-state index contributed by atoms with van der Waals surface area (Å²) in [6.45, 7) is 0. The van der Waals surface area contributed by atoms with E-state index in [4.69, 9.17) is 16.0 Å². The lowest BCUT2D eigenvalue weighted by Gasteiger charge is -2.00. The van der Waals surface area contributed by atoms with Gasteiger partial charge in [0.1, 0.15) is 0 Å². The molecule has 0 aliphatic carbocycles. The van der Waals surface area contributed by atoms with Crippen molar-refractivity contribution in [3.8, 4) is 11.3 Å². The van der Waals surface area contributed by atoms with Crippen LogP contribution in [-0.4, -0.2) is 14.8 Å². The topological polar surface area (TPSA) is 60.4 Å². The van der Waals surface area contributed by atoms with Gasteiger partial charge < -0.3 is 4.42 Å². The Morgan fingerprint density at radius 1 is 1.05 bits per heavy atom. The molecule has 6 heteroatoms. The van der Waals surface area contributed by atoms with Gasteiger partial charge in [0, 0.05) is 10.6 Å². The molecule has 102 valence electrons. The van der Waals surface area contributed by atoms with Gasteiger partial charge in [-0.2, -0.15) is 4.52 Å². The van der Waals surface area contributed by atoms with Crippen LogP contribution in [0.1, 0.15) is 0 Å². The van der Waals surface area contributed by atoms with E-state index in [0.29, 0.717) is 27.3 Å². The van der Waals surface area contributed by atoms with Gasteiger partial charge in [0.2, 0.25) is 0 Å². The lowest BCUT2D eigenvalue weighted by atomic mass is 10.2. The first-order valence-corrected chi connectivity index (χ1v) is 6.65. The van der Waals surface area contributed by atoms with E-state index in [1.807, 2.05) is 18.2 Å². The minimum absolute atomic E-state index is 0.320. The first-order chi connectivity index (χ1) is 10.2. The van der Waals surface area contributed by atoms with E-state index >= 15 is 0 Å². The Hall–Kier alpha value is -2.66. The summed E-state index contributed by atoms with van der Waals surface area (Å²) >= 11 is 5.88. The third kappa shape index (κ3) is 1.82. The summed E-state index contributed by atoms with van der Waals surface area (Å²) in [7, 11) is 0. The molecular weight excluding hydrogens is 290 g/mol. The van der Waals surface area contributed by atoms with E-state index in [0.717, 1.165) is 5.56 Å². The van der Waals surface area contributed by atoms with E-state index in [9.17, 15) is 4.79 Å². The van der Waals surface area contributed by atoms with Gasteiger partial charge in [-0.1, -0.05) is 41.1 Å². The smallest absolute Gasteiger partial charge is 0.347 e. The fourth-order valence-electron chi connectivity index (χ4n) is 2.28. The Kier molecular flexibility index (Phi) is 2.55. The average Bonchev–Trinajstić information content (AvgIpc) is 2.92. The molecule has 0 radical (unpaired) electrons. The van der Waals surface area contributed by atoms with Gasteiger partial charge in [-0.15, -0.1) is 5.10 Å². The third-order valence-electron chi connectivity index (χ3n) is 3.29. The van der Waals surface area contributed by atoms with Crippen molar-refractivity contribution in [1.82, 2.24) is 14.8 Å². The van der Waals surface area contributed by atoms with Gasteiger partial charge in [0.15, 0.2) is 5.69 Å². The number of fused-ring (bicyclic) bond motifs is 3. The van der Waals surface area contributed by atoms with Crippen LogP contribution in [0.4, 0.5) is 0 Å². The molecule has 2 heterocycles. The van der Waals surface area contributed by atoms with Crippen molar-refractivity contribution < 1.29 is 4.42 Å².